The SMILES string of the molecule is CC([CH2][GeH3])CN(C)C.[H-].[H-].[H-]. The van der Waals surface area contributed by atoms with Crippen molar-refractivity contribution in [1.82, 2.24) is 4.90 Å². The van der Waals surface area contributed by atoms with E-state index in [1.807, 2.05) is 0 Å². The van der Waals surface area contributed by atoms with E-state index in [1.54, 1.807) is 0 Å². The molecule has 0 rings (SSSR count). The van der Waals surface area contributed by atoms with Crippen molar-refractivity contribution >= 4 is 16.5 Å². The van der Waals surface area contributed by atoms with E-state index in [0.29, 0.717) is 0 Å². The summed E-state index contributed by atoms with van der Waals surface area (Å²) in [6.07, 6.45) is 0. The van der Waals surface area contributed by atoms with E-state index in [9.17, 15) is 0 Å². The molecular formula is C6H20GeN-3. The summed E-state index contributed by atoms with van der Waals surface area (Å²) in [5.41, 5.74) is 0. The van der Waals surface area contributed by atoms with E-state index < -0.39 is 0 Å². The maximum atomic E-state index is 2.32. The fraction of sp³-hybridized carbons (Fsp3) is 1.00. The molecule has 0 saturated heterocycles. The van der Waals surface area contributed by atoms with E-state index in [0.717, 1.165) is 22.4 Å². The molecule has 8 heavy (non-hydrogen) atoms. The third-order valence-corrected chi connectivity index (χ3v) is 4.30. The molecule has 0 N–H and O–H groups in total. The van der Waals surface area contributed by atoms with Crippen LogP contribution in [-0.4, -0.2) is 42.1 Å². The van der Waals surface area contributed by atoms with Crippen molar-refractivity contribution in [2.45, 2.75) is 12.2 Å². The second-order valence-corrected chi connectivity index (χ2v) is 4.49. The topological polar surface area (TPSA) is 3.24 Å². The minimum Gasteiger partial charge on any atom is -1.00 e. The fourth-order valence-corrected chi connectivity index (χ4v) is 1.29. The Kier molecular flexibility index (Phi) is 4.66. The first-order chi connectivity index (χ1) is 3.66. The van der Waals surface area contributed by atoms with Crippen LogP contribution in [0.1, 0.15) is 11.2 Å². The van der Waals surface area contributed by atoms with Gasteiger partial charge in [0.2, 0.25) is 0 Å². The third-order valence-electron chi connectivity index (χ3n) is 1.37. The maximum Gasteiger partial charge on any atom is -1.00 e. The standard InChI is InChI=1S/C6H17GeN.3H/c1-6(4-7)5-8(2)3;;;/h6H,4-5H2,1-3,7H3;;;/q;3*-1. The molecule has 1 atom stereocenters. The average Bonchev–Trinajstić information content (AvgIpc) is 1.65. The van der Waals surface area contributed by atoms with Gasteiger partial charge in [-0.3, -0.25) is 0 Å². The number of hydrogen-bond acceptors (Lipinski definition) is 1. The van der Waals surface area contributed by atoms with Gasteiger partial charge >= 0.3 is 60.1 Å². The van der Waals surface area contributed by atoms with Crippen LogP contribution in [0, 0.1) is 5.92 Å². The summed E-state index contributed by atoms with van der Waals surface area (Å²) in [5, 5.41) is 1.48. The second-order valence-electron chi connectivity index (χ2n) is 2.78. The van der Waals surface area contributed by atoms with Gasteiger partial charge in [0.15, 0.2) is 0 Å². The summed E-state index contributed by atoms with van der Waals surface area (Å²) >= 11 is 1.04. The van der Waals surface area contributed by atoms with Crippen molar-refractivity contribution in [3.8, 4) is 0 Å². The summed E-state index contributed by atoms with van der Waals surface area (Å²) in [6.45, 7) is 3.59. The molecule has 0 aliphatic heterocycles. The van der Waals surface area contributed by atoms with Gasteiger partial charge in [-0.25, -0.2) is 0 Å². The van der Waals surface area contributed by atoms with Crippen LogP contribution < -0.4 is 0 Å². The molecule has 0 radical (unpaired) electrons. The Hall–Kier alpha value is 0.503. The molecule has 0 heterocycles. The number of nitrogens with zero attached hydrogens (tertiary/aromatic N) is 1. The molecular weight excluding hydrogens is 159 g/mol. The minimum atomic E-state index is 0. The predicted octanol–water partition coefficient (Wildman–Crippen LogP) is 0.305. The Balaban J connectivity index is -0.0000000817. The quantitative estimate of drug-likeness (QED) is 0.563. The maximum absolute atomic E-state index is 2.32. The van der Waals surface area contributed by atoms with Gasteiger partial charge in [0.1, 0.15) is 0 Å². The predicted molar refractivity (Wildman–Crippen MR) is 45.8 cm³/mol. The Morgan fingerprint density at radius 2 is 2.12 bits per heavy atom. The zero-order valence-corrected chi connectivity index (χ0v) is 10.6. The number of rotatable bonds is 3. The molecule has 0 amide bonds. The van der Waals surface area contributed by atoms with Crippen molar-refractivity contribution < 1.29 is 4.28 Å². The van der Waals surface area contributed by atoms with E-state index in [1.165, 1.54) is 11.8 Å². The van der Waals surface area contributed by atoms with Crippen LogP contribution in [0.25, 0.3) is 0 Å². The van der Waals surface area contributed by atoms with Crippen molar-refractivity contribution in [3.05, 3.63) is 0 Å². The molecule has 0 bridgehead atoms. The van der Waals surface area contributed by atoms with Crippen molar-refractivity contribution in [2.24, 2.45) is 5.92 Å². The van der Waals surface area contributed by atoms with E-state index >= 15 is 0 Å². The first kappa shape index (κ1) is 8.50. The molecule has 0 aliphatic rings. The van der Waals surface area contributed by atoms with Gasteiger partial charge in [0.25, 0.3) is 0 Å². The Morgan fingerprint density at radius 3 is 2.25 bits per heavy atom. The molecule has 0 aromatic carbocycles. The first-order valence-corrected chi connectivity index (χ1v) is 6.28. The molecule has 0 aromatic rings. The van der Waals surface area contributed by atoms with Gasteiger partial charge in [-0.15, -0.1) is 0 Å². The molecule has 56 valence electrons. The molecule has 0 fully saturated rings. The van der Waals surface area contributed by atoms with Gasteiger partial charge in [0, 0.05) is 0 Å². The van der Waals surface area contributed by atoms with Crippen LogP contribution in [0.5, 0.6) is 0 Å². The first-order valence-electron chi connectivity index (χ1n) is 3.31. The van der Waals surface area contributed by atoms with Crippen LogP contribution in [0.3, 0.4) is 0 Å². The summed E-state index contributed by atoms with van der Waals surface area (Å²) in [5.74, 6) is 0.935. The Bertz CT molecular complexity index is 63.8. The minimum absolute atomic E-state index is 0. The smallest absolute Gasteiger partial charge is 1.00 e. The average molecular weight is 179 g/mol. The van der Waals surface area contributed by atoms with Gasteiger partial charge in [0.05, 0.1) is 0 Å². The molecule has 0 spiro atoms. The van der Waals surface area contributed by atoms with Crippen LogP contribution >= 0.6 is 0 Å². The van der Waals surface area contributed by atoms with E-state index in [-0.39, 0.29) is 4.28 Å². The molecule has 1 nitrogen and oxygen atoms in total. The summed E-state index contributed by atoms with van der Waals surface area (Å²) in [4.78, 5) is 2.26. The molecule has 2 heteroatoms. The molecule has 0 saturated carbocycles. The van der Waals surface area contributed by atoms with E-state index in [2.05, 4.69) is 25.9 Å². The zero-order chi connectivity index (χ0) is 6.57. The van der Waals surface area contributed by atoms with Gasteiger partial charge < -0.3 is 4.28 Å². The monoisotopic (exact) mass is 180 g/mol. The Morgan fingerprint density at radius 1 is 1.62 bits per heavy atom. The van der Waals surface area contributed by atoms with Crippen LogP contribution in [0.4, 0.5) is 0 Å². The van der Waals surface area contributed by atoms with Crippen molar-refractivity contribution in [2.75, 3.05) is 20.6 Å². The van der Waals surface area contributed by atoms with Gasteiger partial charge in [-0.05, 0) is 0 Å². The largest absolute Gasteiger partial charge is 1.00 e. The molecule has 0 aromatic heterocycles. The second kappa shape index (κ2) is 4.39. The summed E-state index contributed by atoms with van der Waals surface area (Å²) < 4.78 is 0. The van der Waals surface area contributed by atoms with Crippen molar-refractivity contribution in [1.29, 1.82) is 0 Å². The third kappa shape index (κ3) is 4.66. The zero-order valence-electron chi connectivity index (χ0n) is 9.44. The Labute approximate surface area is 65.1 Å². The fourth-order valence-electron chi connectivity index (χ4n) is 0.752. The van der Waals surface area contributed by atoms with Crippen LogP contribution in [0.2, 0.25) is 5.25 Å². The summed E-state index contributed by atoms with van der Waals surface area (Å²) in [6, 6.07) is 0. The normalized spacial score (nSPS) is 15.0. The van der Waals surface area contributed by atoms with E-state index in [4.69, 9.17) is 0 Å². The van der Waals surface area contributed by atoms with Gasteiger partial charge in [-0.1, -0.05) is 0 Å². The summed E-state index contributed by atoms with van der Waals surface area (Å²) in [7, 11) is 4.28. The molecule has 1 unspecified atom stereocenters. The van der Waals surface area contributed by atoms with Crippen LogP contribution in [0.15, 0.2) is 0 Å². The van der Waals surface area contributed by atoms with Gasteiger partial charge in [-0.2, -0.15) is 0 Å². The number of hydrogen-bond donors (Lipinski definition) is 0. The molecule has 0 aliphatic carbocycles. The van der Waals surface area contributed by atoms with Crippen molar-refractivity contribution in [3.63, 3.8) is 0 Å². The van der Waals surface area contributed by atoms with Crippen LogP contribution in [-0.2, 0) is 0 Å².